The summed E-state index contributed by atoms with van der Waals surface area (Å²) < 4.78 is 2.43. The van der Waals surface area contributed by atoms with Crippen molar-refractivity contribution in [3.63, 3.8) is 0 Å². The maximum atomic E-state index is 3.78. The maximum Gasteiger partial charge on any atom is 0.236 e. The minimum Gasteiger partial charge on any atom is -0.322 e. The fourth-order valence-electron chi connectivity index (χ4n) is 2.34. The van der Waals surface area contributed by atoms with E-state index in [0.29, 0.717) is 0 Å². The smallest absolute Gasteiger partial charge is 0.236 e. The molecule has 90 valence electrons. The third kappa shape index (κ3) is 2.73. The molecule has 1 aromatic rings. The number of benzene rings is 1. The summed E-state index contributed by atoms with van der Waals surface area (Å²) in [6.07, 6.45) is 1.23. The fourth-order valence-corrected chi connectivity index (χ4v) is 6.34. The van der Waals surface area contributed by atoms with Gasteiger partial charge in [-0.25, -0.2) is 0 Å². The minimum absolute atomic E-state index is 1.04. The van der Waals surface area contributed by atoms with Crippen molar-refractivity contribution < 1.29 is 0 Å². The lowest BCUT2D eigenvalue weighted by molar-refractivity contribution is 0.590. The molecule has 0 aliphatic carbocycles. The first-order valence-corrected chi connectivity index (χ1v) is 8.30. The summed E-state index contributed by atoms with van der Waals surface area (Å²) in [5, 5.41) is 1.49. The topological polar surface area (TPSA) is 15.3 Å². The van der Waals surface area contributed by atoms with E-state index in [1.807, 2.05) is 0 Å². The van der Waals surface area contributed by atoms with Crippen LogP contribution in [0.5, 0.6) is 0 Å². The second-order valence-corrected chi connectivity index (χ2v) is 8.45. The van der Waals surface area contributed by atoms with Crippen LogP contribution in [0.1, 0.15) is 20.3 Å². The predicted octanol–water partition coefficient (Wildman–Crippen LogP) is 1.92. The van der Waals surface area contributed by atoms with Crippen molar-refractivity contribution >= 4 is 13.6 Å². The van der Waals surface area contributed by atoms with Gasteiger partial charge in [-0.15, -0.1) is 0 Å². The standard InChI is InChI=1S/C13H24N2Si/c1-5-12-16(14-6-2,15(3)4)13-10-8-7-9-11-13/h7-11,14H,5-6,12H2,1-4H3. The van der Waals surface area contributed by atoms with E-state index in [0.717, 1.165) is 6.54 Å². The van der Waals surface area contributed by atoms with Gasteiger partial charge in [-0.05, 0) is 31.9 Å². The molecule has 0 aromatic heterocycles. The van der Waals surface area contributed by atoms with Crippen LogP contribution in [0.15, 0.2) is 30.3 Å². The zero-order valence-corrected chi connectivity index (χ0v) is 12.0. The molecule has 0 heterocycles. The summed E-state index contributed by atoms with van der Waals surface area (Å²) in [6, 6.07) is 12.2. The van der Waals surface area contributed by atoms with Gasteiger partial charge in [-0.3, -0.25) is 0 Å². The molecule has 1 unspecified atom stereocenters. The largest absolute Gasteiger partial charge is 0.322 e. The van der Waals surface area contributed by atoms with E-state index in [1.54, 1.807) is 0 Å². The summed E-state index contributed by atoms with van der Waals surface area (Å²) >= 11 is 0. The van der Waals surface area contributed by atoms with Gasteiger partial charge in [-0.1, -0.05) is 50.6 Å². The van der Waals surface area contributed by atoms with Crippen LogP contribution in [0.4, 0.5) is 0 Å². The SMILES string of the molecule is CCC[Si](NCC)(c1ccccc1)N(C)C. The molecule has 1 atom stereocenters. The van der Waals surface area contributed by atoms with Crippen molar-refractivity contribution in [2.24, 2.45) is 0 Å². The highest BCUT2D eigenvalue weighted by Gasteiger charge is 2.36. The van der Waals surface area contributed by atoms with Gasteiger partial charge in [0.15, 0.2) is 0 Å². The first kappa shape index (κ1) is 13.4. The first-order chi connectivity index (χ1) is 7.67. The Morgan fingerprint density at radius 2 is 1.75 bits per heavy atom. The minimum atomic E-state index is -1.67. The molecule has 1 N–H and O–H groups in total. The molecule has 0 spiro atoms. The van der Waals surface area contributed by atoms with E-state index in [-0.39, 0.29) is 0 Å². The molecule has 1 aromatic carbocycles. The average molecular weight is 236 g/mol. The van der Waals surface area contributed by atoms with E-state index in [2.05, 4.69) is 67.8 Å². The zero-order chi connectivity index (χ0) is 12.0. The lowest BCUT2D eigenvalue weighted by Gasteiger charge is -2.38. The van der Waals surface area contributed by atoms with E-state index < -0.39 is 8.40 Å². The molecule has 0 aliphatic heterocycles. The fraction of sp³-hybridized carbons (Fsp3) is 0.538. The first-order valence-electron chi connectivity index (χ1n) is 6.15. The molecule has 0 fully saturated rings. The van der Waals surface area contributed by atoms with Gasteiger partial charge in [0, 0.05) is 0 Å². The van der Waals surface area contributed by atoms with Crippen LogP contribution in [0.25, 0.3) is 0 Å². The number of hydrogen-bond acceptors (Lipinski definition) is 2. The lowest BCUT2D eigenvalue weighted by atomic mass is 10.4. The predicted molar refractivity (Wildman–Crippen MR) is 74.3 cm³/mol. The lowest BCUT2D eigenvalue weighted by Crippen LogP contribution is -2.69. The van der Waals surface area contributed by atoms with Gasteiger partial charge in [0.25, 0.3) is 0 Å². The molecule has 3 heteroatoms. The van der Waals surface area contributed by atoms with Gasteiger partial charge in [-0.2, -0.15) is 0 Å². The second kappa shape index (κ2) is 6.18. The highest BCUT2D eigenvalue weighted by Crippen LogP contribution is 2.12. The Labute approximate surface area is 101 Å². The number of nitrogens with zero attached hydrogens (tertiary/aromatic N) is 1. The third-order valence-electron chi connectivity index (χ3n) is 3.10. The van der Waals surface area contributed by atoms with Crippen molar-refractivity contribution in [3.8, 4) is 0 Å². The van der Waals surface area contributed by atoms with Gasteiger partial charge >= 0.3 is 0 Å². The van der Waals surface area contributed by atoms with Crippen LogP contribution >= 0.6 is 0 Å². The summed E-state index contributed by atoms with van der Waals surface area (Å²) in [5.74, 6) is 0. The van der Waals surface area contributed by atoms with E-state index in [1.165, 1.54) is 17.7 Å². The van der Waals surface area contributed by atoms with E-state index >= 15 is 0 Å². The number of rotatable bonds is 6. The van der Waals surface area contributed by atoms with Gasteiger partial charge in [0.2, 0.25) is 8.40 Å². The molecule has 0 saturated carbocycles. The van der Waals surface area contributed by atoms with Crippen molar-refractivity contribution in [3.05, 3.63) is 30.3 Å². The van der Waals surface area contributed by atoms with Gasteiger partial charge in [0.05, 0.1) is 0 Å². The molecule has 16 heavy (non-hydrogen) atoms. The molecule has 0 bridgehead atoms. The monoisotopic (exact) mass is 236 g/mol. The van der Waals surface area contributed by atoms with Crippen LogP contribution in [0.3, 0.4) is 0 Å². The zero-order valence-electron chi connectivity index (χ0n) is 11.0. The van der Waals surface area contributed by atoms with E-state index in [4.69, 9.17) is 0 Å². The van der Waals surface area contributed by atoms with Crippen molar-refractivity contribution in [1.82, 2.24) is 9.55 Å². The second-order valence-electron chi connectivity index (χ2n) is 4.40. The Bertz CT molecular complexity index is 292. The third-order valence-corrected chi connectivity index (χ3v) is 8.07. The Hall–Kier alpha value is -0.643. The molecular formula is C13H24N2Si. The van der Waals surface area contributed by atoms with Crippen LogP contribution in [0.2, 0.25) is 6.04 Å². The van der Waals surface area contributed by atoms with Gasteiger partial charge < -0.3 is 9.55 Å². The summed E-state index contributed by atoms with van der Waals surface area (Å²) in [7, 11) is 2.75. The number of nitrogens with one attached hydrogen (secondary N) is 1. The molecule has 2 nitrogen and oxygen atoms in total. The molecule has 1 rings (SSSR count). The summed E-state index contributed by atoms with van der Waals surface area (Å²) in [6.45, 7) is 5.51. The quantitative estimate of drug-likeness (QED) is 0.759. The van der Waals surface area contributed by atoms with Crippen molar-refractivity contribution in [2.45, 2.75) is 26.3 Å². The highest BCUT2D eigenvalue weighted by atomic mass is 28.3. The Balaban J connectivity index is 3.10. The molecular weight excluding hydrogens is 212 g/mol. The molecule has 0 amide bonds. The Morgan fingerprint density at radius 3 is 2.19 bits per heavy atom. The molecule has 0 radical (unpaired) electrons. The summed E-state index contributed by atoms with van der Waals surface area (Å²) in [5.41, 5.74) is 0. The van der Waals surface area contributed by atoms with E-state index in [9.17, 15) is 0 Å². The highest BCUT2D eigenvalue weighted by molar-refractivity contribution is 6.87. The van der Waals surface area contributed by atoms with Crippen LogP contribution < -0.4 is 10.2 Å². The van der Waals surface area contributed by atoms with Crippen molar-refractivity contribution in [2.75, 3.05) is 20.6 Å². The Kier molecular flexibility index (Phi) is 5.18. The average Bonchev–Trinajstić information content (AvgIpc) is 2.29. The van der Waals surface area contributed by atoms with Crippen LogP contribution in [-0.2, 0) is 0 Å². The molecule has 0 saturated heterocycles. The number of hydrogen-bond donors (Lipinski definition) is 1. The summed E-state index contributed by atoms with van der Waals surface area (Å²) in [4.78, 5) is 3.78. The maximum absolute atomic E-state index is 3.78. The van der Waals surface area contributed by atoms with Crippen molar-refractivity contribution in [1.29, 1.82) is 0 Å². The Morgan fingerprint density at radius 1 is 1.12 bits per heavy atom. The van der Waals surface area contributed by atoms with Crippen LogP contribution in [-0.4, -0.2) is 33.6 Å². The normalized spacial score (nSPS) is 15.1. The van der Waals surface area contributed by atoms with Gasteiger partial charge in [0.1, 0.15) is 0 Å². The van der Waals surface area contributed by atoms with Crippen LogP contribution in [0, 0.1) is 0 Å². The molecule has 0 aliphatic rings.